The fourth-order valence-corrected chi connectivity index (χ4v) is 1.74. The van der Waals surface area contributed by atoms with E-state index in [1.807, 2.05) is 0 Å². The summed E-state index contributed by atoms with van der Waals surface area (Å²) >= 11 is 0. The lowest BCUT2D eigenvalue weighted by molar-refractivity contribution is -0.141. The van der Waals surface area contributed by atoms with Gasteiger partial charge in [-0.25, -0.2) is 0 Å². The Morgan fingerprint density at radius 3 is 2.17 bits per heavy atom. The molecular weight excluding hydrogens is 316 g/mol. The first-order valence-electron chi connectivity index (χ1n) is 7.73. The van der Waals surface area contributed by atoms with E-state index in [0.29, 0.717) is 13.0 Å². The summed E-state index contributed by atoms with van der Waals surface area (Å²) in [6.07, 6.45) is 0.686. The standard InChI is InChI=1S/C14H28N6O4/c1-7(2)10(15)12(22)20-9(5-4-6-18-14(16)17)11(21)19-8(3)13(23)24/h7-10H,4-6,15H2,1-3H3,(H,19,21)(H,20,22)(H,23,24)(H4,16,17,18)/t8-,9-,10-/m0/s1. The second kappa shape index (κ2) is 10.4. The van der Waals surface area contributed by atoms with E-state index in [2.05, 4.69) is 16.0 Å². The van der Waals surface area contributed by atoms with Crippen molar-refractivity contribution in [3.05, 3.63) is 0 Å². The summed E-state index contributed by atoms with van der Waals surface area (Å²) in [5.41, 5.74) is 10.9. The van der Waals surface area contributed by atoms with Gasteiger partial charge in [-0.2, -0.15) is 0 Å². The van der Waals surface area contributed by atoms with E-state index in [4.69, 9.17) is 22.0 Å². The van der Waals surface area contributed by atoms with E-state index in [9.17, 15) is 14.4 Å². The third-order valence-electron chi connectivity index (χ3n) is 3.37. The molecule has 0 aliphatic heterocycles. The molecule has 0 aliphatic carbocycles. The van der Waals surface area contributed by atoms with E-state index in [-0.39, 0.29) is 18.3 Å². The van der Waals surface area contributed by atoms with Crippen molar-refractivity contribution in [1.29, 1.82) is 5.41 Å². The number of nitrogens with one attached hydrogen (secondary N) is 4. The Balaban J connectivity index is 4.80. The summed E-state index contributed by atoms with van der Waals surface area (Å²) in [5, 5.41) is 23.4. The lowest BCUT2D eigenvalue weighted by atomic mass is 10.0. The van der Waals surface area contributed by atoms with Gasteiger partial charge in [0.1, 0.15) is 12.1 Å². The van der Waals surface area contributed by atoms with Crippen LogP contribution in [0.5, 0.6) is 0 Å². The van der Waals surface area contributed by atoms with E-state index in [1.165, 1.54) is 6.92 Å². The second-order valence-corrected chi connectivity index (χ2v) is 5.88. The Kier molecular flexibility index (Phi) is 9.40. The molecule has 10 nitrogen and oxygen atoms in total. The van der Waals surface area contributed by atoms with Gasteiger partial charge in [-0.3, -0.25) is 19.8 Å². The van der Waals surface area contributed by atoms with Crippen LogP contribution in [0.3, 0.4) is 0 Å². The molecule has 0 aromatic carbocycles. The minimum atomic E-state index is -1.18. The van der Waals surface area contributed by atoms with Gasteiger partial charge in [0.2, 0.25) is 11.8 Å². The first-order chi connectivity index (χ1) is 11.1. The van der Waals surface area contributed by atoms with Crippen molar-refractivity contribution in [2.45, 2.75) is 51.7 Å². The fourth-order valence-electron chi connectivity index (χ4n) is 1.74. The molecular formula is C14H28N6O4. The molecule has 0 saturated carbocycles. The average molecular weight is 344 g/mol. The fraction of sp³-hybridized carbons (Fsp3) is 0.714. The maximum atomic E-state index is 12.2. The van der Waals surface area contributed by atoms with Crippen LogP contribution in [0, 0.1) is 11.3 Å². The third kappa shape index (κ3) is 8.32. The average Bonchev–Trinajstić information content (AvgIpc) is 2.48. The van der Waals surface area contributed by atoms with Crippen LogP contribution in [-0.4, -0.2) is 53.5 Å². The summed E-state index contributed by atoms with van der Waals surface area (Å²) in [6, 6.07) is -2.77. The van der Waals surface area contributed by atoms with Gasteiger partial charge in [-0.05, 0) is 25.7 Å². The zero-order valence-electron chi connectivity index (χ0n) is 14.3. The van der Waals surface area contributed by atoms with Crippen LogP contribution >= 0.6 is 0 Å². The molecule has 0 saturated heterocycles. The number of nitrogens with two attached hydrogens (primary N) is 2. The first kappa shape index (κ1) is 21.6. The Morgan fingerprint density at radius 2 is 1.71 bits per heavy atom. The molecule has 0 spiro atoms. The minimum absolute atomic E-state index is 0.106. The molecule has 0 fully saturated rings. The number of carboxylic acid groups (broad SMARTS) is 1. The molecule has 0 unspecified atom stereocenters. The van der Waals surface area contributed by atoms with Crippen LogP contribution in [0.1, 0.15) is 33.6 Å². The van der Waals surface area contributed by atoms with Crippen LogP contribution in [0.15, 0.2) is 0 Å². The highest BCUT2D eigenvalue weighted by molar-refractivity contribution is 5.91. The van der Waals surface area contributed by atoms with Crippen molar-refractivity contribution in [1.82, 2.24) is 16.0 Å². The zero-order chi connectivity index (χ0) is 18.9. The predicted molar refractivity (Wildman–Crippen MR) is 89.1 cm³/mol. The van der Waals surface area contributed by atoms with E-state index in [1.54, 1.807) is 13.8 Å². The molecule has 138 valence electrons. The second-order valence-electron chi connectivity index (χ2n) is 5.88. The molecule has 0 aliphatic rings. The van der Waals surface area contributed by atoms with E-state index < -0.39 is 35.9 Å². The lowest BCUT2D eigenvalue weighted by Crippen LogP contribution is -2.55. The quantitative estimate of drug-likeness (QED) is 0.140. The molecule has 24 heavy (non-hydrogen) atoms. The molecule has 0 rings (SSSR count). The van der Waals surface area contributed by atoms with Crippen molar-refractivity contribution in [2.24, 2.45) is 17.4 Å². The number of carbonyl (C=O) groups excluding carboxylic acids is 2. The highest BCUT2D eigenvalue weighted by atomic mass is 16.4. The smallest absolute Gasteiger partial charge is 0.325 e. The highest BCUT2D eigenvalue weighted by Crippen LogP contribution is 2.03. The SMILES string of the molecule is CC(C)[C@H](N)C(=O)N[C@@H](CCCNC(=N)N)C(=O)N[C@@H](C)C(=O)O. The molecule has 2 amide bonds. The van der Waals surface area contributed by atoms with Crippen LogP contribution in [0.25, 0.3) is 0 Å². The molecule has 0 aromatic rings. The summed E-state index contributed by atoms with van der Waals surface area (Å²) in [4.78, 5) is 35.1. The Hall–Kier alpha value is -2.36. The van der Waals surface area contributed by atoms with Gasteiger partial charge in [-0.15, -0.1) is 0 Å². The van der Waals surface area contributed by atoms with Gasteiger partial charge in [0.15, 0.2) is 5.96 Å². The van der Waals surface area contributed by atoms with Crippen molar-refractivity contribution in [3.63, 3.8) is 0 Å². The van der Waals surface area contributed by atoms with Crippen LogP contribution in [0.2, 0.25) is 0 Å². The van der Waals surface area contributed by atoms with Crippen molar-refractivity contribution >= 4 is 23.7 Å². The third-order valence-corrected chi connectivity index (χ3v) is 3.37. The topological polar surface area (TPSA) is 183 Å². The lowest BCUT2D eigenvalue weighted by Gasteiger charge is -2.23. The van der Waals surface area contributed by atoms with Crippen molar-refractivity contribution in [2.75, 3.05) is 6.54 Å². The number of hydrogen-bond donors (Lipinski definition) is 7. The Bertz CT molecular complexity index is 468. The van der Waals surface area contributed by atoms with Crippen LogP contribution < -0.4 is 27.4 Å². The zero-order valence-corrected chi connectivity index (χ0v) is 14.3. The molecule has 10 heteroatoms. The number of carboxylic acids is 1. The first-order valence-corrected chi connectivity index (χ1v) is 7.73. The molecule has 9 N–H and O–H groups in total. The summed E-state index contributed by atoms with van der Waals surface area (Å²) in [5.74, 6) is -2.55. The molecule has 3 atom stereocenters. The normalized spacial score (nSPS) is 14.4. The largest absolute Gasteiger partial charge is 0.480 e. The van der Waals surface area contributed by atoms with Gasteiger partial charge in [0, 0.05) is 6.54 Å². The Labute approximate surface area is 141 Å². The number of guanidine groups is 1. The molecule has 0 radical (unpaired) electrons. The van der Waals surface area contributed by atoms with E-state index >= 15 is 0 Å². The maximum absolute atomic E-state index is 12.2. The van der Waals surface area contributed by atoms with Gasteiger partial charge >= 0.3 is 5.97 Å². The van der Waals surface area contributed by atoms with Gasteiger partial charge in [-0.1, -0.05) is 13.8 Å². The maximum Gasteiger partial charge on any atom is 0.325 e. The van der Waals surface area contributed by atoms with Crippen molar-refractivity contribution in [3.8, 4) is 0 Å². The van der Waals surface area contributed by atoms with Gasteiger partial charge < -0.3 is 32.5 Å². The number of amides is 2. The van der Waals surface area contributed by atoms with Crippen LogP contribution in [0.4, 0.5) is 0 Å². The molecule has 0 bridgehead atoms. The molecule has 0 aromatic heterocycles. The van der Waals surface area contributed by atoms with Crippen LogP contribution in [-0.2, 0) is 14.4 Å². The van der Waals surface area contributed by atoms with Gasteiger partial charge in [0.25, 0.3) is 0 Å². The van der Waals surface area contributed by atoms with Crippen molar-refractivity contribution < 1.29 is 19.5 Å². The Morgan fingerprint density at radius 1 is 1.12 bits per heavy atom. The highest BCUT2D eigenvalue weighted by Gasteiger charge is 2.26. The van der Waals surface area contributed by atoms with Gasteiger partial charge in [0.05, 0.1) is 6.04 Å². The number of carbonyl (C=O) groups is 3. The summed E-state index contributed by atoms with van der Waals surface area (Å²) in [7, 11) is 0. The summed E-state index contributed by atoms with van der Waals surface area (Å²) in [6.45, 7) is 5.24. The minimum Gasteiger partial charge on any atom is -0.480 e. The monoisotopic (exact) mass is 344 g/mol. The number of aliphatic carboxylic acids is 1. The number of rotatable bonds is 10. The molecule has 0 heterocycles. The van der Waals surface area contributed by atoms with E-state index in [0.717, 1.165) is 0 Å². The predicted octanol–water partition coefficient (Wildman–Crippen LogP) is -1.69. The number of hydrogen-bond acceptors (Lipinski definition) is 5. The summed E-state index contributed by atoms with van der Waals surface area (Å²) < 4.78 is 0.